The highest BCUT2D eigenvalue weighted by Gasteiger charge is 2.30. The molecule has 2 heterocycles. The number of amides is 1. The summed E-state index contributed by atoms with van der Waals surface area (Å²) in [6.45, 7) is 3.17. The molecule has 1 aliphatic heterocycles. The number of halogens is 2. The number of aromatic nitrogens is 1. The van der Waals surface area contributed by atoms with Gasteiger partial charge in [-0.15, -0.1) is 0 Å². The number of piperidine rings is 1. The zero-order valence-corrected chi connectivity index (χ0v) is 12.1. The Morgan fingerprint density at radius 3 is 2.85 bits per heavy atom. The van der Waals surface area contributed by atoms with Crippen LogP contribution in [0, 0.1) is 5.92 Å². The molecule has 0 radical (unpaired) electrons. The summed E-state index contributed by atoms with van der Waals surface area (Å²) < 4.78 is 19.4. The van der Waals surface area contributed by atoms with Gasteiger partial charge >= 0.3 is 6.09 Å². The molecule has 0 aliphatic carbocycles. The Balaban J connectivity index is 1.92. The van der Waals surface area contributed by atoms with E-state index in [0.29, 0.717) is 43.4 Å². The normalized spacial score (nSPS) is 17.9. The molecule has 6 heteroatoms. The standard InChI is InChI=1S/C14H18ClFN2O2/c1-2-20-14(19)18-8-6-10(7-9-18)13(16)11-4-3-5-12(15)17-11/h3-5,10,13H,2,6-9H2,1H3. The number of alkyl halides is 1. The molecule has 1 aliphatic rings. The number of hydrogen-bond donors (Lipinski definition) is 0. The monoisotopic (exact) mass is 300 g/mol. The summed E-state index contributed by atoms with van der Waals surface area (Å²) in [4.78, 5) is 17.2. The molecule has 1 amide bonds. The smallest absolute Gasteiger partial charge is 0.409 e. The fraction of sp³-hybridized carbons (Fsp3) is 0.571. The van der Waals surface area contributed by atoms with Crippen LogP contribution < -0.4 is 0 Å². The minimum absolute atomic E-state index is 0.133. The van der Waals surface area contributed by atoms with Gasteiger partial charge < -0.3 is 9.64 Å². The summed E-state index contributed by atoms with van der Waals surface area (Å²) in [6, 6.07) is 4.97. The number of carbonyl (C=O) groups excluding carboxylic acids is 1. The van der Waals surface area contributed by atoms with Crippen LogP contribution in [0.3, 0.4) is 0 Å². The molecule has 4 nitrogen and oxygen atoms in total. The molecule has 1 fully saturated rings. The molecule has 2 rings (SSSR count). The summed E-state index contributed by atoms with van der Waals surface area (Å²) in [7, 11) is 0. The van der Waals surface area contributed by atoms with E-state index in [2.05, 4.69) is 4.98 Å². The Labute approximate surface area is 122 Å². The van der Waals surface area contributed by atoms with E-state index in [1.807, 2.05) is 0 Å². The van der Waals surface area contributed by atoms with Crippen molar-refractivity contribution in [2.24, 2.45) is 5.92 Å². The Hall–Kier alpha value is -1.36. The van der Waals surface area contributed by atoms with Crippen molar-refractivity contribution < 1.29 is 13.9 Å². The molecule has 110 valence electrons. The summed E-state index contributed by atoms with van der Waals surface area (Å²) in [6.07, 6.45) is -0.247. The predicted octanol–water partition coefficient (Wildman–Crippen LogP) is 3.61. The third-order valence-electron chi connectivity index (χ3n) is 3.50. The first-order valence-electron chi connectivity index (χ1n) is 6.80. The zero-order chi connectivity index (χ0) is 14.5. The predicted molar refractivity (Wildman–Crippen MR) is 74.4 cm³/mol. The van der Waals surface area contributed by atoms with E-state index < -0.39 is 6.17 Å². The van der Waals surface area contributed by atoms with Crippen LogP contribution in [0.15, 0.2) is 18.2 Å². The van der Waals surface area contributed by atoms with Gasteiger partial charge in [-0.05, 0) is 37.8 Å². The Kier molecular flexibility index (Phi) is 5.17. The highest BCUT2D eigenvalue weighted by Crippen LogP contribution is 2.33. The van der Waals surface area contributed by atoms with E-state index in [-0.39, 0.29) is 12.0 Å². The van der Waals surface area contributed by atoms with Gasteiger partial charge in [0.2, 0.25) is 0 Å². The molecular formula is C14H18ClFN2O2. The maximum Gasteiger partial charge on any atom is 0.409 e. The number of rotatable bonds is 3. The van der Waals surface area contributed by atoms with Crippen molar-refractivity contribution in [3.8, 4) is 0 Å². The van der Waals surface area contributed by atoms with Crippen molar-refractivity contribution >= 4 is 17.7 Å². The minimum atomic E-state index is -1.14. The van der Waals surface area contributed by atoms with Gasteiger partial charge in [0, 0.05) is 13.1 Å². The second-order valence-electron chi connectivity index (χ2n) is 4.81. The number of carbonyl (C=O) groups is 1. The van der Waals surface area contributed by atoms with Crippen LogP contribution in [0.5, 0.6) is 0 Å². The van der Waals surface area contributed by atoms with Crippen molar-refractivity contribution in [1.82, 2.24) is 9.88 Å². The zero-order valence-electron chi connectivity index (χ0n) is 11.4. The molecule has 1 aromatic rings. The lowest BCUT2D eigenvalue weighted by atomic mass is 9.90. The average molecular weight is 301 g/mol. The quantitative estimate of drug-likeness (QED) is 0.801. The van der Waals surface area contributed by atoms with Crippen molar-refractivity contribution in [3.63, 3.8) is 0 Å². The third-order valence-corrected chi connectivity index (χ3v) is 3.71. The minimum Gasteiger partial charge on any atom is -0.450 e. The molecule has 1 atom stereocenters. The number of ether oxygens (including phenoxy) is 1. The van der Waals surface area contributed by atoms with E-state index in [9.17, 15) is 9.18 Å². The fourth-order valence-electron chi connectivity index (χ4n) is 2.41. The maximum atomic E-state index is 14.4. The number of pyridine rings is 1. The first-order chi connectivity index (χ1) is 9.61. The van der Waals surface area contributed by atoms with Gasteiger partial charge in [-0.25, -0.2) is 14.2 Å². The highest BCUT2D eigenvalue weighted by atomic mass is 35.5. The fourth-order valence-corrected chi connectivity index (χ4v) is 2.58. The van der Waals surface area contributed by atoms with Crippen molar-refractivity contribution in [2.45, 2.75) is 25.9 Å². The lowest BCUT2D eigenvalue weighted by Crippen LogP contribution is -2.39. The Morgan fingerprint density at radius 1 is 1.55 bits per heavy atom. The summed E-state index contributed by atoms with van der Waals surface area (Å²) in [5.74, 6) is -0.133. The SMILES string of the molecule is CCOC(=O)N1CCC(C(F)c2cccc(Cl)n2)CC1. The van der Waals surface area contributed by atoms with Crippen LogP contribution in [-0.4, -0.2) is 35.7 Å². The van der Waals surface area contributed by atoms with Gasteiger partial charge in [0.05, 0.1) is 12.3 Å². The van der Waals surface area contributed by atoms with E-state index in [0.717, 1.165) is 0 Å². The van der Waals surface area contributed by atoms with Crippen LogP contribution >= 0.6 is 11.6 Å². The Morgan fingerprint density at radius 2 is 2.25 bits per heavy atom. The van der Waals surface area contributed by atoms with E-state index in [4.69, 9.17) is 16.3 Å². The molecule has 0 aromatic carbocycles. The molecular weight excluding hydrogens is 283 g/mol. The van der Waals surface area contributed by atoms with Crippen LogP contribution in [0.1, 0.15) is 31.6 Å². The van der Waals surface area contributed by atoms with Crippen LogP contribution in [0.2, 0.25) is 5.15 Å². The van der Waals surface area contributed by atoms with Crippen LogP contribution in [-0.2, 0) is 4.74 Å². The van der Waals surface area contributed by atoms with Crippen molar-refractivity contribution in [2.75, 3.05) is 19.7 Å². The van der Waals surface area contributed by atoms with Gasteiger partial charge in [0.15, 0.2) is 0 Å². The Bertz CT molecular complexity index is 464. The lowest BCUT2D eigenvalue weighted by Gasteiger charge is -2.32. The van der Waals surface area contributed by atoms with Gasteiger partial charge in [0.1, 0.15) is 11.3 Å². The second kappa shape index (κ2) is 6.88. The second-order valence-corrected chi connectivity index (χ2v) is 5.20. The topological polar surface area (TPSA) is 42.4 Å². The highest BCUT2D eigenvalue weighted by molar-refractivity contribution is 6.29. The van der Waals surface area contributed by atoms with Crippen LogP contribution in [0.4, 0.5) is 9.18 Å². The van der Waals surface area contributed by atoms with Gasteiger partial charge in [-0.3, -0.25) is 0 Å². The third kappa shape index (κ3) is 3.60. The van der Waals surface area contributed by atoms with Crippen molar-refractivity contribution in [1.29, 1.82) is 0 Å². The molecule has 1 unspecified atom stereocenters. The average Bonchev–Trinajstić information content (AvgIpc) is 2.47. The molecule has 0 saturated carbocycles. The van der Waals surface area contributed by atoms with E-state index in [1.54, 1.807) is 30.0 Å². The summed E-state index contributed by atoms with van der Waals surface area (Å²) in [5, 5.41) is 0.300. The van der Waals surface area contributed by atoms with Gasteiger partial charge in [-0.1, -0.05) is 17.7 Å². The largest absolute Gasteiger partial charge is 0.450 e. The van der Waals surface area contributed by atoms with Crippen molar-refractivity contribution in [3.05, 3.63) is 29.0 Å². The molecule has 1 aromatic heterocycles. The van der Waals surface area contributed by atoms with E-state index >= 15 is 0 Å². The van der Waals surface area contributed by atoms with Gasteiger partial charge in [0.25, 0.3) is 0 Å². The maximum absolute atomic E-state index is 14.4. The molecule has 1 saturated heterocycles. The summed E-state index contributed by atoms with van der Waals surface area (Å²) in [5.41, 5.74) is 0.368. The molecule has 20 heavy (non-hydrogen) atoms. The van der Waals surface area contributed by atoms with Gasteiger partial charge in [-0.2, -0.15) is 0 Å². The first kappa shape index (κ1) is 15.0. The molecule has 0 N–H and O–H groups in total. The van der Waals surface area contributed by atoms with Crippen LogP contribution in [0.25, 0.3) is 0 Å². The number of likely N-dealkylation sites (tertiary alicyclic amines) is 1. The number of nitrogens with zero attached hydrogens (tertiary/aromatic N) is 2. The lowest BCUT2D eigenvalue weighted by molar-refractivity contribution is 0.0770. The molecule has 0 bridgehead atoms. The summed E-state index contributed by atoms with van der Waals surface area (Å²) >= 11 is 5.78. The van der Waals surface area contributed by atoms with E-state index in [1.165, 1.54) is 0 Å². The number of hydrogen-bond acceptors (Lipinski definition) is 3. The first-order valence-corrected chi connectivity index (χ1v) is 7.17. The molecule has 0 spiro atoms.